The molecular weight excluding hydrogens is 400 g/mol. The maximum Gasteiger partial charge on any atom is 0.251 e. The van der Waals surface area contributed by atoms with Crippen molar-refractivity contribution in [3.8, 4) is 22.4 Å². The number of aryl methyl sites for hydroxylation is 2. The van der Waals surface area contributed by atoms with Crippen molar-refractivity contribution in [1.82, 2.24) is 20.4 Å². The van der Waals surface area contributed by atoms with E-state index in [-0.39, 0.29) is 18.3 Å². The van der Waals surface area contributed by atoms with Crippen LogP contribution >= 0.6 is 12.4 Å². The van der Waals surface area contributed by atoms with Gasteiger partial charge in [0.15, 0.2) is 0 Å². The summed E-state index contributed by atoms with van der Waals surface area (Å²) in [5.74, 6) is 0.572. The SMILES string of the molecule is Cc1cnc(CNC(=O)c2ccc(-c3c(-c4ccccc4)noc3C)cc2)cn1.Cl. The molecule has 0 bridgehead atoms. The minimum Gasteiger partial charge on any atom is -0.360 e. The second kappa shape index (κ2) is 9.33. The third-order valence-corrected chi connectivity index (χ3v) is 4.61. The van der Waals surface area contributed by atoms with Crippen LogP contribution in [0, 0.1) is 13.8 Å². The molecule has 30 heavy (non-hydrogen) atoms. The largest absolute Gasteiger partial charge is 0.360 e. The van der Waals surface area contributed by atoms with Crippen LogP contribution < -0.4 is 5.32 Å². The average Bonchev–Trinajstić information content (AvgIpc) is 3.15. The number of rotatable bonds is 5. The molecule has 0 saturated carbocycles. The Bertz CT molecular complexity index is 1120. The van der Waals surface area contributed by atoms with Crippen LogP contribution in [0.15, 0.2) is 71.5 Å². The highest BCUT2D eigenvalue weighted by molar-refractivity contribution is 5.95. The van der Waals surface area contributed by atoms with Gasteiger partial charge in [0.25, 0.3) is 5.91 Å². The molecule has 0 aliphatic carbocycles. The minimum atomic E-state index is -0.163. The van der Waals surface area contributed by atoms with Crippen molar-refractivity contribution in [2.24, 2.45) is 0 Å². The Morgan fingerprint density at radius 1 is 0.933 bits per heavy atom. The molecule has 0 saturated heterocycles. The fourth-order valence-corrected chi connectivity index (χ4v) is 3.08. The zero-order valence-corrected chi connectivity index (χ0v) is 17.4. The predicted octanol–water partition coefficient (Wildman–Crippen LogP) is 4.77. The normalized spacial score (nSPS) is 10.3. The van der Waals surface area contributed by atoms with Crippen molar-refractivity contribution >= 4 is 18.3 Å². The van der Waals surface area contributed by atoms with Gasteiger partial charge in [0, 0.05) is 17.3 Å². The fourth-order valence-electron chi connectivity index (χ4n) is 3.08. The Labute approximate surface area is 180 Å². The van der Waals surface area contributed by atoms with Gasteiger partial charge >= 0.3 is 0 Å². The van der Waals surface area contributed by atoms with Crippen molar-refractivity contribution in [3.05, 3.63) is 89.7 Å². The van der Waals surface area contributed by atoms with Crippen LogP contribution in [0.3, 0.4) is 0 Å². The van der Waals surface area contributed by atoms with E-state index in [1.165, 1.54) is 0 Å². The molecule has 0 aliphatic rings. The Morgan fingerprint density at radius 3 is 2.33 bits per heavy atom. The van der Waals surface area contributed by atoms with Gasteiger partial charge in [0.2, 0.25) is 0 Å². The second-order valence-electron chi connectivity index (χ2n) is 6.74. The first kappa shape index (κ1) is 21.2. The van der Waals surface area contributed by atoms with Gasteiger partial charge in [-0.05, 0) is 31.5 Å². The Kier molecular flexibility index (Phi) is 6.59. The van der Waals surface area contributed by atoms with Crippen molar-refractivity contribution in [2.75, 3.05) is 0 Å². The van der Waals surface area contributed by atoms with Crippen molar-refractivity contribution in [2.45, 2.75) is 20.4 Å². The van der Waals surface area contributed by atoms with Gasteiger partial charge < -0.3 is 9.84 Å². The summed E-state index contributed by atoms with van der Waals surface area (Å²) in [5.41, 5.74) is 5.78. The van der Waals surface area contributed by atoms with E-state index in [0.29, 0.717) is 17.8 Å². The Hall–Kier alpha value is -3.51. The molecule has 2 aromatic heterocycles. The molecule has 0 fully saturated rings. The number of aromatic nitrogens is 3. The lowest BCUT2D eigenvalue weighted by atomic mass is 9.98. The van der Waals surface area contributed by atoms with Crippen LogP contribution in [0.4, 0.5) is 0 Å². The lowest BCUT2D eigenvalue weighted by Crippen LogP contribution is -2.23. The van der Waals surface area contributed by atoms with Crippen LogP contribution in [0.1, 0.15) is 27.5 Å². The maximum atomic E-state index is 12.4. The number of hydrogen-bond acceptors (Lipinski definition) is 5. The molecule has 0 radical (unpaired) electrons. The summed E-state index contributed by atoms with van der Waals surface area (Å²) in [6, 6.07) is 17.3. The molecule has 152 valence electrons. The molecule has 2 heterocycles. The number of carbonyl (C=O) groups excluding carboxylic acids is 1. The maximum absolute atomic E-state index is 12.4. The first-order valence-corrected chi connectivity index (χ1v) is 9.29. The zero-order valence-electron chi connectivity index (χ0n) is 16.6. The molecule has 7 heteroatoms. The van der Waals surface area contributed by atoms with Crippen LogP contribution in [-0.2, 0) is 6.54 Å². The van der Waals surface area contributed by atoms with Gasteiger partial charge in [-0.3, -0.25) is 14.8 Å². The summed E-state index contributed by atoms with van der Waals surface area (Å²) >= 11 is 0. The monoisotopic (exact) mass is 420 g/mol. The molecule has 4 aromatic rings. The molecular formula is C23H21ClN4O2. The highest BCUT2D eigenvalue weighted by atomic mass is 35.5. The first-order chi connectivity index (χ1) is 14.1. The highest BCUT2D eigenvalue weighted by Gasteiger charge is 2.17. The third kappa shape index (κ3) is 4.55. The van der Waals surface area contributed by atoms with E-state index in [0.717, 1.165) is 33.8 Å². The van der Waals surface area contributed by atoms with Gasteiger partial charge in [-0.1, -0.05) is 47.6 Å². The van der Waals surface area contributed by atoms with Crippen LogP contribution in [0.2, 0.25) is 0 Å². The van der Waals surface area contributed by atoms with E-state index >= 15 is 0 Å². The van der Waals surface area contributed by atoms with Gasteiger partial charge in [-0.2, -0.15) is 0 Å². The van der Waals surface area contributed by atoms with E-state index in [1.54, 1.807) is 24.5 Å². The van der Waals surface area contributed by atoms with Gasteiger partial charge in [-0.25, -0.2) is 0 Å². The lowest BCUT2D eigenvalue weighted by molar-refractivity contribution is 0.0950. The molecule has 1 amide bonds. The second-order valence-corrected chi connectivity index (χ2v) is 6.74. The topological polar surface area (TPSA) is 80.9 Å². The lowest BCUT2D eigenvalue weighted by Gasteiger charge is -2.07. The summed E-state index contributed by atoms with van der Waals surface area (Å²) in [6.45, 7) is 4.09. The van der Waals surface area contributed by atoms with Crippen molar-refractivity contribution in [3.63, 3.8) is 0 Å². The zero-order chi connectivity index (χ0) is 20.2. The van der Waals surface area contributed by atoms with Crippen molar-refractivity contribution < 1.29 is 9.32 Å². The van der Waals surface area contributed by atoms with Crippen LogP contribution in [-0.4, -0.2) is 21.0 Å². The summed E-state index contributed by atoms with van der Waals surface area (Å²) in [7, 11) is 0. The summed E-state index contributed by atoms with van der Waals surface area (Å²) in [5, 5.41) is 7.09. The molecule has 0 unspecified atom stereocenters. The number of carbonyl (C=O) groups is 1. The average molecular weight is 421 g/mol. The molecule has 0 atom stereocenters. The highest BCUT2D eigenvalue weighted by Crippen LogP contribution is 2.34. The predicted molar refractivity (Wildman–Crippen MR) is 117 cm³/mol. The van der Waals surface area contributed by atoms with Crippen LogP contribution in [0.5, 0.6) is 0 Å². The van der Waals surface area contributed by atoms with E-state index in [1.807, 2.05) is 56.3 Å². The number of amides is 1. The summed E-state index contributed by atoms with van der Waals surface area (Å²) in [4.78, 5) is 20.9. The first-order valence-electron chi connectivity index (χ1n) is 9.29. The Morgan fingerprint density at radius 2 is 1.67 bits per heavy atom. The van der Waals surface area contributed by atoms with E-state index in [4.69, 9.17) is 4.52 Å². The standard InChI is InChI=1S/C23H20N4O2.ClH/c1-15-12-25-20(13-24-15)14-26-23(28)19-10-8-17(9-11-19)21-16(2)29-27-22(21)18-6-4-3-5-7-18;/h3-13H,14H2,1-2H3,(H,26,28);1H. The molecule has 1 N–H and O–H groups in total. The van der Waals surface area contributed by atoms with Crippen molar-refractivity contribution in [1.29, 1.82) is 0 Å². The quantitative estimate of drug-likeness (QED) is 0.503. The van der Waals surface area contributed by atoms with Gasteiger partial charge in [0.1, 0.15) is 11.5 Å². The number of nitrogens with zero attached hydrogens (tertiary/aromatic N) is 3. The van der Waals surface area contributed by atoms with E-state index in [9.17, 15) is 4.79 Å². The number of halogens is 1. The molecule has 0 aliphatic heterocycles. The smallest absolute Gasteiger partial charge is 0.251 e. The summed E-state index contributed by atoms with van der Waals surface area (Å²) in [6.07, 6.45) is 3.35. The number of nitrogens with one attached hydrogen (secondary N) is 1. The molecule has 2 aromatic carbocycles. The van der Waals surface area contributed by atoms with E-state index < -0.39 is 0 Å². The minimum absolute atomic E-state index is 0. The van der Waals surface area contributed by atoms with E-state index in [2.05, 4.69) is 20.4 Å². The van der Waals surface area contributed by atoms with Gasteiger partial charge in [0.05, 0.1) is 29.7 Å². The summed E-state index contributed by atoms with van der Waals surface area (Å²) < 4.78 is 5.44. The Balaban J connectivity index is 0.00000256. The molecule has 4 rings (SSSR count). The number of hydrogen-bond donors (Lipinski definition) is 1. The number of benzene rings is 2. The fraction of sp³-hybridized carbons (Fsp3) is 0.130. The molecule has 0 spiro atoms. The van der Waals surface area contributed by atoms with Crippen LogP contribution in [0.25, 0.3) is 22.4 Å². The van der Waals surface area contributed by atoms with Gasteiger partial charge in [-0.15, -0.1) is 12.4 Å². The third-order valence-electron chi connectivity index (χ3n) is 4.61. The molecule has 6 nitrogen and oxygen atoms in total.